The molecule has 0 spiro atoms. The molecule has 0 amide bonds. The van der Waals surface area contributed by atoms with Gasteiger partial charge in [-0.1, -0.05) is 13.8 Å². The van der Waals surface area contributed by atoms with Crippen LogP contribution < -0.4 is 0 Å². The number of alkyl halides is 26. The van der Waals surface area contributed by atoms with Crippen molar-refractivity contribution < 1.29 is 150 Å². The molecule has 0 aliphatic rings. The van der Waals surface area contributed by atoms with Gasteiger partial charge < -0.3 is 4.89 Å². The van der Waals surface area contributed by atoms with Crippen LogP contribution in [0.4, 0.5) is 114 Å². The van der Waals surface area contributed by atoms with Gasteiger partial charge in [0.1, 0.15) is 0 Å². The SMILES string of the molecule is CCN(CC(OP(=O)(O)OC(CN(CC)S(=O)O)C(F)(F)C(F)(F)C(F)(F)C(F)(F)C(F)(F)C(F)(F)F)C(F)(F)C(F)(F)C(F)(F)C(F)(F)C(F)(F)C(F)(F)F)S(=O)O. The number of nitrogens with zero attached hydrogens (tertiary/aromatic N) is 2. The van der Waals surface area contributed by atoms with Crippen molar-refractivity contribution in [3.8, 4) is 0 Å². The predicted molar refractivity (Wildman–Crippen MR) is 137 cm³/mol. The third-order valence-electron chi connectivity index (χ3n) is 7.13. The molecule has 356 valence electrons. The third kappa shape index (κ3) is 9.83. The second-order valence-corrected chi connectivity index (χ2v) is 14.2. The summed E-state index contributed by atoms with van der Waals surface area (Å²) in [7, 11) is -8.20. The molecule has 0 saturated heterocycles. The van der Waals surface area contributed by atoms with Gasteiger partial charge in [0.15, 0.2) is 12.2 Å². The zero-order valence-electron chi connectivity index (χ0n) is 27.4. The summed E-state index contributed by atoms with van der Waals surface area (Å²) in [5.74, 6) is -85.3. The molecule has 0 saturated carbocycles. The van der Waals surface area contributed by atoms with E-state index in [-0.39, 0.29) is 0 Å². The van der Waals surface area contributed by atoms with Gasteiger partial charge in [-0.2, -0.15) is 123 Å². The maximum atomic E-state index is 15.1. The first-order valence-electron chi connectivity index (χ1n) is 13.8. The summed E-state index contributed by atoms with van der Waals surface area (Å²) in [6.07, 6.45) is -26.9. The van der Waals surface area contributed by atoms with Gasteiger partial charge in [0, 0.05) is 26.2 Å². The van der Waals surface area contributed by atoms with E-state index in [9.17, 15) is 114 Å². The van der Waals surface area contributed by atoms with Crippen LogP contribution in [-0.2, 0) is 36.1 Å². The minimum atomic E-state index is -8.85. The quantitative estimate of drug-likeness (QED) is 0.0561. The average molecular weight is 1000 g/mol. The lowest BCUT2D eigenvalue weighted by Crippen LogP contribution is -2.72. The van der Waals surface area contributed by atoms with E-state index in [0.29, 0.717) is 13.8 Å². The Bertz CT molecular complexity index is 1450. The van der Waals surface area contributed by atoms with E-state index in [0.717, 1.165) is 0 Å². The van der Waals surface area contributed by atoms with Gasteiger partial charge in [-0.25, -0.2) is 13.0 Å². The number of likely N-dealkylation sites (N-methyl/N-ethyl adjacent to an activating group) is 2. The molecule has 59 heavy (non-hydrogen) atoms. The number of phosphoric acid groups is 1. The van der Waals surface area contributed by atoms with Gasteiger partial charge >= 0.3 is 79.4 Å². The maximum Gasteiger partial charge on any atom is 0.473 e. The van der Waals surface area contributed by atoms with E-state index in [4.69, 9.17) is 9.11 Å². The van der Waals surface area contributed by atoms with Crippen molar-refractivity contribution in [2.24, 2.45) is 0 Å². The van der Waals surface area contributed by atoms with Crippen LogP contribution in [0.2, 0.25) is 0 Å². The molecule has 0 aromatic heterocycles. The molecule has 0 aromatic carbocycles. The Kier molecular flexibility index (Phi) is 16.7. The molecule has 0 heterocycles. The molecular weight excluding hydrogens is 985 g/mol. The lowest BCUT2D eigenvalue weighted by molar-refractivity contribution is -0.444. The maximum absolute atomic E-state index is 15.1. The Labute approximate surface area is 313 Å². The highest BCUT2D eigenvalue weighted by molar-refractivity contribution is 7.76. The second kappa shape index (κ2) is 17.2. The highest BCUT2D eigenvalue weighted by Crippen LogP contribution is 2.64. The van der Waals surface area contributed by atoms with Crippen LogP contribution in [0.15, 0.2) is 0 Å². The van der Waals surface area contributed by atoms with Gasteiger partial charge in [0.05, 0.1) is 0 Å². The van der Waals surface area contributed by atoms with Crippen molar-refractivity contribution in [2.75, 3.05) is 26.2 Å². The Morgan fingerprint density at radius 1 is 0.458 bits per heavy atom. The van der Waals surface area contributed by atoms with Gasteiger partial charge in [0.2, 0.25) is 22.5 Å². The Morgan fingerprint density at radius 2 is 0.661 bits per heavy atom. The Hall–Kier alpha value is -1.57. The molecule has 4 unspecified atom stereocenters. The molecule has 0 aliphatic heterocycles. The van der Waals surface area contributed by atoms with Crippen molar-refractivity contribution in [2.45, 2.75) is 97.6 Å². The van der Waals surface area contributed by atoms with Crippen LogP contribution in [0.1, 0.15) is 13.8 Å². The topological polar surface area (TPSA) is 137 Å². The molecule has 3 N–H and O–H groups in total. The molecule has 0 fully saturated rings. The smallest absolute Gasteiger partial charge is 0.302 e. The lowest BCUT2D eigenvalue weighted by Gasteiger charge is -2.43. The number of hydrogen-bond acceptors (Lipinski definition) is 5. The van der Waals surface area contributed by atoms with Crippen LogP contribution in [0, 0.1) is 0 Å². The summed E-state index contributed by atoms with van der Waals surface area (Å²) in [5, 5.41) is 0. The molecular formula is C20H19F26N2O8PS2. The van der Waals surface area contributed by atoms with Crippen LogP contribution in [0.5, 0.6) is 0 Å². The lowest BCUT2D eigenvalue weighted by atomic mass is 9.91. The second-order valence-electron chi connectivity index (χ2n) is 10.9. The first kappa shape index (κ1) is 57.4. The van der Waals surface area contributed by atoms with E-state index in [1.54, 1.807) is 0 Å². The zero-order chi connectivity index (χ0) is 48.2. The fourth-order valence-corrected chi connectivity index (χ4v) is 5.78. The molecule has 0 aliphatic carbocycles. The molecule has 0 aromatic rings. The fraction of sp³-hybridized carbons (Fsp3) is 1.00. The largest absolute Gasteiger partial charge is 0.473 e. The molecule has 39 heteroatoms. The van der Waals surface area contributed by atoms with E-state index < -0.39 is 149 Å². The van der Waals surface area contributed by atoms with Gasteiger partial charge in [-0.15, -0.1) is 0 Å². The van der Waals surface area contributed by atoms with E-state index in [1.807, 2.05) is 0 Å². The van der Waals surface area contributed by atoms with Crippen molar-refractivity contribution >= 4 is 30.4 Å². The summed E-state index contributed by atoms with van der Waals surface area (Å²) in [5.41, 5.74) is 0. The summed E-state index contributed by atoms with van der Waals surface area (Å²) >= 11 is -8.17. The van der Waals surface area contributed by atoms with E-state index in [1.165, 1.54) is 0 Å². The standard InChI is InChI=1S/C20H19F26N2O8PS2/c1-3-47(58(51)52)5-7(9(21,22)11(25,26)13(29,30)15(33,34)17(37,38)19(41,42)43)55-57(49,50)56-8(6-48(4-2)59(53)54)10(23,24)12(27,28)14(31,32)16(35,36)18(39,40)20(44,45)46/h7-8H,3-6H2,1-2H3,(H,49,50)(H,51,52)(H,53,54). The minimum Gasteiger partial charge on any atom is -0.302 e. The van der Waals surface area contributed by atoms with Gasteiger partial charge in [0.25, 0.3) is 0 Å². The summed E-state index contributed by atoms with van der Waals surface area (Å²) in [6.45, 7) is -8.41. The molecule has 0 rings (SSSR count). The van der Waals surface area contributed by atoms with E-state index in [2.05, 4.69) is 9.05 Å². The Morgan fingerprint density at radius 3 is 0.831 bits per heavy atom. The summed E-state index contributed by atoms with van der Waals surface area (Å²) in [4.78, 5) is 9.79. The highest BCUT2D eigenvalue weighted by Gasteiger charge is 2.93. The predicted octanol–water partition coefficient (Wildman–Crippen LogP) is 8.25. The first-order chi connectivity index (χ1) is 25.4. The van der Waals surface area contributed by atoms with E-state index >= 15 is 17.6 Å². The van der Waals surface area contributed by atoms with Crippen LogP contribution in [0.25, 0.3) is 0 Å². The molecule has 10 nitrogen and oxygen atoms in total. The number of phosphoric ester groups is 1. The minimum absolute atomic E-state index is 0.397. The number of halogens is 26. The third-order valence-corrected chi connectivity index (χ3v) is 9.87. The van der Waals surface area contributed by atoms with Gasteiger partial charge in [-0.05, 0) is 0 Å². The molecule has 4 atom stereocenters. The molecule has 0 radical (unpaired) electrons. The van der Waals surface area contributed by atoms with Crippen molar-refractivity contribution in [1.82, 2.24) is 8.61 Å². The highest BCUT2D eigenvalue weighted by atomic mass is 32.2. The van der Waals surface area contributed by atoms with Crippen LogP contribution in [0.3, 0.4) is 0 Å². The number of hydrogen-bond donors (Lipinski definition) is 3. The van der Waals surface area contributed by atoms with Crippen LogP contribution in [-0.4, -0.2) is 141 Å². The first-order valence-corrected chi connectivity index (χ1v) is 17.4. The monoisotopic (exact) mass is 1000 g/mol. The van der Waals surface area contributed by atoms with Gasteiger partial charge in [-0.3, -0.25) is 18.2 Å². The normalized spacial score (nSPS) is 18.9. The van der Waals surface area contributed by atoms with Crippen molar-refractivity contribution in [3.05, 3.63) is 0 Å². The molecule has 0 bridgehead atoms. The summed E-state index contributed by atoms with van der Waals surface area (Å²) in [6, 6.07) is 0. The zero-order valence-corrected chi connectivity index (χ0v) is 29.9. The summed E-state index contributed by atoms with van der Waals surface area (Å²) < 4.78 is 416. The number of rotatable bonds is 22. The van der Waals surface area contributed by atoms with Crippen molar-refractivity contribution in [1.29, 1.82) is 0 Å². The fourth-order valence-electron chi connectivity index (χ4n) is 3.72. The van der Waals surface area contributed by atoms with Crippen LogP contribution >= 0.6 is 7.82 Å². The van der Waals surface area contributed by atoms with Crippen molar-refractivity contribution in [3.63, 3.8) is 0 Å². The Balaban J connectivity index is 7.94. The average Bonchev–Trinajstić information content (AvgIpc) is 3.02.